The first-order valence-electron chi connectivity index (χ1n) is 12.0. The monoisotopic (exact) mass is 460 g/mol. The van der Waals surface area contributed by atoms with E-state index < -0.39 is 6.10 Å². The van der Waals surface area contributed by atoms with Gasteiger partial charge in [-0.15, -0.1) is 0 Å². The summed E-state index contributed by atoms with van der Waals surface area (Å²) in [5.74, 6) is 1.80. The van der Waals surface area contributed by atoms with E-state index in [1.54, 1.807) is 7.11 Å². The molecule has 2 heterocycles. The number of nitrogens with zero attached hydrogens (tertiary/aromatic N) is 3. The third-order valence-electron chi connectivity index (χ3n) is 6.58. The van der Waals surface area contributed by atoms with Crippen molar-refractivity contribution >= 4 is 5.91 Å². The van der Waals surface area contributed by atoms with Crippen molar-refractivity contribution in [1.29, 1.82) is 0 Å². The molecule has 34 heavy (non-hydrogen) atoms. The highest BCUT2D eigenvalue weighted by Crippen LogP contribution is 2.36. The van der Waals surface area contributed by atoms with Gasteiger partial charge in [0.05, 0.1) is 25.5 Å². The standard InChI is InChI=1S/C27H32N4O3/c1-19(31(22-10-11-22)27(32)25-16-28-14-15-34-25)24-18-30(17-20-8-12-23(33-2)13-9-20)26(29-24)21-6-4-3-5-7-21/h3-9,12-13,18-19,22,25,28H,10-11,14-17H2,1-2H3/t19-,25-/m1/s1. The topological polar surface area (TPSA) is 68.6 Å². The number of hydrogen-bond donors (Lipinski definition) is 1. The number of methoxy groups -OCH3 is 1. The van der Waals surface area contributed by atoms with Gasteiger partial charge in [0.25, 0.3) is 5.91 Å². The van der Waals surface area contributed by atoms with E-state index in [1.807, 2.05) is 35.2 Å². The average molecular weight is 461 g/mol. The van der Waals surface area contributed by atoms with Gasteiger partial charge >= 0.3 is 0 Å². The van der Waals surface area contributed by atoms with E-state index in [-0.39, 0.29) is 18.0 Å². The summed E-state index contributed by atoms with van der Waals surface area (Å²) in [6.07, 6.45) is 3.74. The molecular weight excluding hydrogens is 428 g/mol. The van der Waals surface area contributed by atoms with Crippen molar-refractivity contribution < 1.29 is 14.3 Å². The van der Waals surface area contributed by atoms with Crippen LogP contribution < -0.4 is 10.1 Å². The van der Waals surface area contributed by atoms with Crippen LogP contribution in [0.2, 0.25) is 0 Å². The van der Waals surface area contributed by atoms with Crippen molar-refractivity contribution in [2.24, 2.45) is 0 Å². The Morgan fingerprint density at radius 1 is 1.21 bits per heavy atom. The number of benzene rings is 2. The molecule has 2 aliphatic rings. The van der Waals surface area contributed by atoms with Crippen LogP contribution in [0.4, 0.5) is 0 Å². The van der Waals surface area contributed by atoms with E-state index in [1.165, 1.54) is 0 Å². The van der Waals surface area contributed by atoms with Gasteiger partial charge in [-0.1, -0.05) is 42.5 Å². The van der Waals surface area contributed by atoms with Crippen LogP contribution in [0.25, 0.3) is 11.4 Å². The van der Waals surface area contributed by atoms with E-state index in [9.17, 15) is 4.79 Å². The molecule has 1 aromatic heterocycles. The van der Waals surface area contributed by atoms with Gasteiger partial charge in [-0.25, -0.2) is 4.98 Å². The smallest absolute Gasteiger partial charge is 0.253 e. The van der Waals surface area contributed by atoms with Crippen LogP contribution in [0.5, 0.6) is 5.75 Å². The number of carbonyl (C=O) groups is 1. The first-order valence-corrected chi connectivity index (χ1v) is 12.0. The molecular formula is C27H32N4O3. The maximum absolute atomic E-state index is 13.4. The van der Waals surface area contributed by atoms with Crippen LogP contribution in [0.3, 0.4) is 0 Å². The SMILES string of the molecule is COc1ccc(Cn2cc([C@@H](C)N(C(=O)[C@H]3CNCCO3)C3CC3)nc2-c2ccccc2)cc1. The molecule has 5 rings (SSSR count). The molecule has 0 radical (unpaired) electrons. The molecule has 0 bridgehead atoms. The van der Waals surface area contributed by atoms with Gasteiger partial charge in [-0.3, -0.25) is 4.79 Å². The molecule has 1 saturated carbocycles. The van der Waals surface area contributed by atoms with Crippen molar-refractivity contribution in [2.75, 3.05) is 26.8 Å². The van der Waals surface area contributed by atoms with Crippen LogP contribution in [-0.2, 0) is 16.1 Å². The van der Waals surface area contributed by atoms with Crippen molar-refractivity contribution in [3.05, 3.63) is 72.1 Å². The summed E-state index contributed by atoms with van der Waals surface area (Å²) in [4.78, 5) is 20.5. The van der Waals surface area contributed by atoms with Crippen LogP contribution in [-0.4, -0.2) is 59.3 Å². The molecule has 2 atom stereocenters. The normalized spacial score (nSPS) is 18.9. The number of aromatic nitrogens is 2. The molecule has 1 amide bonds. The molecule has 0 unspecified atom stereocenters. The second kappa shape index (κ2) is 9.99. The van der Waals surface area contributed by atoms with Crippen LogP contribution in [0.15, 0.2) is 60.8 Å². The van der Waals surface area contributed by atoms with Gasteiger partial charge in [0.2, 0.25) is 0 Å². The summed E-state index contributed by atoms with van der Waals surface area (Å²) in [6, 6.07) is 18.4. The van der Waals surface area contributed by atoms with Crippen molar-refractivity contribution in [3.63, 3.8) is 0 Å². The summed E-state index contributed by atoms with van der Waals surface area (Å²) in [7, 11) is 1.67. The average Bonchev–Trinajstić information content (AvgIpc) is 3.64. The second-order valence-corrected chi connectivity index (χ2v) is 9.05. The molecule has 1 aliphatic heterocycles. The number of morpholine rings is 1. The quantitative estimate of drug-likeness (QED) is 0.556. The fourth-order valence-electron chi connectivity index (χ4n) is 4.58. The summed E-state index contributed by atoms with van der Waals surface area (Å²) in [6.45, 7) is 4.69. The molecule has 178 valence electrons. The molecule has 2 aromatic carbocycles. The highest BCUT2D eigenvalue weighted by atomic mass is 16.5. The van der Waals surface area contributed by atoms with Crippen LogP contribution >= 0.6 is 0 Å². The van der Waals surface area contributed by atoms with E-state index in [0.717, 1.165) is 47.8 Å². The van der Waals surface area contributed by atoms with E-state index in [2.05, 4.69) is 47.3 Å². The summed E-state index contributed by atoms with van der Waals surface area (Å²) >= 11 is 0. The lowest BCUT2D eigenvalue weighted by Gasteiger charge is -2.33. The number of imidazole rings is 1. The number of hydrogen-bond acceptors (Lipinski definition) is 5. The predicted molar refractivity (Wildman–Crippen MR) is 131 cm³/mol. The summed E-state index contributed by atoms with van der Waals surface area (Å²) in [5.41, 5.74) is 3.11. The third-order valence-corrected chi connectivity index (χ3v) is 6.58. The lowest BCUT2D eigenvalue weighted by molar-refractivity contribution is -0.148. The minimum atomic E-state index is -0.424. The highest BCUT2D eigenvalue weighted by molar-refractivity contribution is 5.82. The highest BCUT2D eigenvalue weighted by Gasteiger charge is 2.40. The van der Waals surface area contributed by atoms with Crippen molar-refractivity contribution in [2.45, 2.75) is 44.5 Å². The molecule has 7 nitrogen and oxygen atoms in total. The summed E-state index contributed by atoms with van der Waals surface area (Å²) < 4.78 is 13.3. The van der Waals surface area contributed by atoms with Crippen LogP contribution in [0.1, 0.15) is 37.1 Å². The maximum Gasteiger partial charge on any atom is 0.253 e. The molecule has 0 spiro atoms. The van der Waals surface area contributed by atoms with Crippen molar-refractivity contribution in [3.8, 4) is 17.1 Å². The second-order valence-electron chi connectivity index (χ2n) is 9.05. The molecule has 7 heteroatoms. The van der Waals surface area contributed by atoms with Gasteiger partial charge < -0.3 is 24.3 Å². The van der Waals surface area contributed by atoms with Crippen LogP contribution in [0, 0.1) is 0 Å². The van der Waals surface area contributed by atoms with Gasteiger partial charge in [0, 0.05) is 37.4 Å². The van der Waals surface area contributed by atoms with E-state index in [0.29, 0.717) is 19.7 Å². The predicted octanol–water partition coefficient (Wildman–Crippen LogP) is 3.65. The largest absolute Gasteiger partial charge is 0.497 e. The molecule has 3 aromatic rings. The third kappa shape index (κ3) is 4.86. The van der Waals surface area contributed by atoms with Gasteiger partial charge in [0.15, 0.2) is 0 Å². The number of amides is 1. The van der Waals surface area contributed by atoms with E-state index >= 15 is 0 Å². The minimum absolute atomic E-state index is 0.0631. The Morgan fingerprint density at radius 2 is 1.97 bits per heavy atom. The lowest BCUT2D eigenvalue weighted by Crippen LogP contribution is -2.50. The van der Waals surface area contributed by atoms with Gasteiger partial charge in [0.1, 0.15) is 17.7 Å². The zero-order valence-electron chi connectivity index (χ0n) is 19.8. The fourth-order valence-corrected chi connectivity index (χ4v) is 4.58. The lowest BCUT2D eigenvalue weighted by atomic mass is 10.1. The number of nitrogens with one attached hydrogen (secondary N) is 1. The fraction of sp³-hybridized carbons (Fsp3) is 0.407. The Balaban J connectivity index is 1.46. The van der Waals surface area contributed by atoms with Crippen molar-refractivity contribution in [1.82, 2.24) is 19.8 Å². The minimum Gasteiger partial charge on any atom is -0.497 e. The Bertz CT molecular complexity index is 1100. The Hall–Kier alpha value is -3.16. The Morgan fingerprint density at radius 3 is 2.62 bits per heavy atom. The maximum atomic E-state index is 13.4. The molecule has 1 aliphatic carbocycles. The Kier molecular flexibility index (Phi) is 6.65. The van der Waals surface area contributed by atoms with E-state index in [4.69, 9.17) is 14.5 Å². The number of ether oxygens (including phenoxy) is 2. The first-order chi connectivity index (χ1) is 16.6. The van der Waals surface area contributed by atoms with Gasteiger partial charge in [-0.05, 0) is 37.5 Å². The molecule has 2 fully saturated rings. The molecule has 1 saturated heterocycles. The zero-order chi connectivity index (χ0) is 23.5. The number of carbonyl (C=O) groups excluding carboxylic acids is 1. The zero-order valence-corrected chi connectivity index (χ0v) is 19.8. The number of rotatable bonds is 8. The molecule has 1 N–H and O–H groups in total. The summed E-state index contributed by atoms with van der Waals surface area (Å²) in [5, 5.41) is 3.28. The Labute approximate surface area is 200 Å². The first kappa shape index (κ1) is 22.6. The van der Waals surface area contributed by atoms with Gasteiger partial charge in [-0.2, -0.15) is 0 Å².